The zero-order valence-electron chi connectivity index (χ0n) is 11.4. The van der Waals surface area contributed by atoms with Gasteiger partial charge in [-0.1, -0.05) is 6.92 Å². The van der Waals surface area contributed by atoms with Crippen molar-refractivity contribution >= 4 is 5.91 Å². The van der Waals surface area contributed by atoms with Gasteiger partial charge in [0.25, 0.3) is 5.91 Å². The lowest BCUT2D eigenvalue weighted by Gasteiger charge is -2.22. The van der Waals surface area contributed by atoms with Crippen LogP contribution < -0.4 is 5.32 Å². The van der Waals surface area contributed by atoms with Crippen molar-refractivity contribution in [1.82, 2.24) is 9.47 Å². The molecule has 1 amide bonds. The summed E-state index contributed by atoms with van der Waals surface area (Å²) in [7, 11) is 2.04. The number of nitrogens with two attached hydrogens (primary N) is 1. The van der Waals surface area contributed by atoms with E-state index in [0.29, 0.717) is 12.6 Å². The zero-order valence-corrected chi connectivity index (χ0v) is 11.4. The third-order valence-electron chi connectivity index (χ3n) is 3.50. The molecule has 0 radical (unpaired) electrons. The van der Waals surface area contributed by atoms with Crippen LogP contribution in [0.2, 0.25) is 0 Å². The van der Waals surface area contributed by atoms with E-state index in [-0.39, 0.29) is 5.91 Å². The van der Waals surface area contributed by atoms with Crippen molar-refractivity contribution in [1.29, 1.82) is 0 Å². The summed E-state index contributed by atoms with van der Waals surface area (Å²) >= 11 is 0. The summed E-state index contributed by atoms with van der Waals surface area (Å²) in [5.74, 6) is 0.284. The van der Waals surface area contributed by atoms with E-state index >= 15 is 0 Å². The molecule has 1 fully saturated rings. The summed E-state index contributed by atoms with van der Waals surface area (Å²) in [4.78, 5) is 14.3. The molecule has 0 atom stereocenters. The van der Waals surface area contributed by atoms with E-state index in [9.17, 15) is 4.79 Å². The van der Waals surface area contributed by atoms with Crippen molar-refractivity contribution in [2.75, 3.05) is 13.1 Å². The molecule has 0 spiro atoms. The molecule has 2 rings (SSSR count). The molecular weight excluding hydrogens is 226 g/mol. The van der Waals surface area contributed by atoms with E-state index in [1.165, 1.54) is 18.5 Å². The van der Waals surface area contributed by atoms with Crippen molar-refractivity contribution in [2.24, 2.45) is 7.05 Å². The first-order valence-corrected chi connectivity index (χ1v) is 6.93. The van der Waals surface area contributed by atoms with Gasteiger partial charge in [-0.3, -0.25) is 4.79 Å². The molecule has 1 aliphatic rings. The molecule has 1 saturated carbocycles. The first kappa shape index (κ1) is 13.1. The second kappa shape index (κ2) is 6.05. The molecule has 1 aromatic rings. The number of rotatable bonds is 7. The van der Waals surface area contributed by atoms with Gasteiger partial charge in [-0.15, -0.1) is 0 Å². The minimum atomic E-state index is 0.284. The van der Waals surface area contributed by atoms with Gasteiger partial charge in [0.1, 0.15) is 0 Å². The Kier molecular flexibility index (Phi) is 4.42. The number of carbonyl (C=O) groups is 1. The van der Waals surface area contributed by atoms with Crippen LogP contribution in [-0.2, 0) is 18.4 Å². The second-order valence-corrected chi connectivity index (χ2v) is 5.14. The van der Waals surface area contributed by atoms with Crippen LogP contribution in [0.1, 0.15) is 31.9 Å². The number of nitrogens with zero attached hydrogens (tertiary/aromatic N) is 2. The number of quaternary nitrogens is 1. The Morgan fingerprint density at radius 3 is 2.89 bits per heavy atom. The van der Waals surface area contributed by atoms with Crippen LogP contribution in [-0.4, -0.2) is 34.5 Å². The topological polar surface area (TPSA) is 41.9 Å². The summed E-state index contributed by atoms with van der Waals surface area (Å²) in [5, 5.41) is 2.11. The highest BCUT2D eigenvalue weighted by molar-refractivity contribution is 5.77. The Bertz CT molecular complexity index is 395. The fourth-order valence-corrected chi connectivity index (χ4v) is 2.19. The Labute approximate surface area is 109 Å². The third-order valence-corrected chi connectivity index (χ3v) is 3.50. The molecule has 1 heterocycles. The predicted molar refractivity (Wildman–Crippen MR) is 70.9 cm³/mol. The molecule has 1 aliphatic carbocycles. The van der Waals surface area contributed by atoms with Gasteiger partial charge in [0.2, 0.25) is 0 Å². The molecular formula is C14H24N3O+. The number of hydrogen-bond acceptors (Lipinski definition) is 1. The van der Waals surface area contributed by atoms with E-state index in [1.807, 2.05) is 19.3 Å². The standard InChI is InChI=1S/C14H23N3O/c1-3-8-15-10-14(18)17(12-6-7-12)11-13-5-4-9-16(13)2/h4-5,9,12,15H,3,6-8,10-11H2,1-2H3/p+1. The number of carbonyl (C=O) groups excluding carboxylic acids is 1. The summed E-state index contributed by atoms with van der Waals surface area (Å²) in [6, 6.07) is 4.62. The summed E-state index contributed by atoms with van der Waals surface area (Å²) in [6.45, 7) is 4.53. The van der Waals surface area contributed by atoms with E-state index in [4.69, 9.17) is 0 Å². The van der Waals surface area contributed by atoms with Crippen LogP contribution >= 0.6 is 0 Å². The molecule has 0 aliphatic heterocycles. The molecule has 1 aromatic heterocycles. The lowest BCUT2D eigenvalue weighted by molar-refractivity contribution is -0.644. The highest BCUT2D eigenvalue weighted by Gasteiger charge is 2.33. The number of hydrogen-bond donors (Lipinski definition) is 1. The van der Waals surface area contributed by atoms with Crippen molar-refractivity contribution in [3.8, 4) is 0 Å². The van der Waals surface area contributed by atoms with Crippen LogP contribution in [0.15, 0.2) is 18.3 Å². The van der Waals surface area contributed by atoms with Crippen LogP contribution in [0.5, 0.6) is 0 Å². The number of amides is 1. The highest BCUT2D eigenvalue weighted by atomic mass is 16.2. The van der Waals surface area contributed by atoms with Gasteiger partial charge in [-0.05, 0) is 31.4 Å². The van der Waals surface area contributed by atoms with E-state index in [1.54, 1.807) is 0 Å². The molecule has 100 valence electrons. The van der Waals surface area contributed by atoms with E-state index in [2.05, 4.69) is 27.8 Å². The molecule has 18 heavy (non-hydrogen) atoms. The Balaban J connectivity index is 1.91. The lowest BCUT2D eigenvalue weighted by atomic mass is 10.3. The fourth-order valence-electron chi connectivity index (χ4n) is 2.19. The van der Waals surface area contributed by atoms with Crippen molar-refractivity contribution in [3.63, 3.8) is 0 Å². The lowest BCUT2D eigenvalue weighted by Crippen LogP contribution is -2.86. The quantitative estimate of drug-likeness (QED) is 0.703. The maximum atomic E-state index is 12.2. The Morgan fingerprint density at radius 1 is 1.56 bits per heavy atom. The first-order chi connectivity index (χ1) is 8.72. The van der Waals surface area contributed by atoms with Gasteiger partial charge in [0.05, 0.1) is 13.1 Å². The summed E-state index contributed by atoms with van der Waals surface area (Å²) in [6.07, 6.45) is 5.50. The predicted octanol–water partition coefficient (Wildman–Crippen LogP) is 0.490. The summed E-state index contributed by atoms with van der Waals surface area (Å²) < 4.78 is 2.10. The molecule has 0 bridgehead atoms. The minimum absolute atomic E-state index is 0.284. The maximum absolute atomic E-state index is 12.2. The SMILES string of the molecule is CCC[NH2+]CC(=O)N(Cc1cccn1C)C1CC1. The van der Waals surface area contributed by atoms with E-state index in [0.717, 1.165) is 19.5 Å². The molecule has 4 heteroatoms. The average molecular weight is 250 g/mol. The van der Waals surface area contributed by atoms with Gasteiger partial charge < -0.3 is 14.8 Å². The summed E-state index contributed by atoms with van der Waals surface area (Å²) in [5.41, 5.74) is 1.21. The van der Waals surface area contributed by atoms with Gasteiger partial charge >= 0.3 is 0 Å². The van der Waals surface area contributed by atoms with Crippen molar-refractivity contribution < 1.29 is 10.1 Å². The maximum Gasteiger partial charge on any atom is 0.278 e. The molecule has 2 N–H and O–H groups in total. The minimum Gasteiger partial charge on any atom is -0.353 e. The highest BCUT2D eigenvalue weighted by Crippen LogP contribution is 2.28. The van der Waals surface area contributed by atoms with Crippen LogP contribution in [0.25, 0.3) is 0 Å². The first-order valence-electron chi connectivity index (χ1n) is 6.93. The molecule has 0 saturated heterocycles. The van der Waals surface area contributed by atoms with Crippen LogP contribution in [0, 0.1) is 0 Å². The normalized spacial score (nSPS) is 14.8. The Hall–Kier alpha value is -1.29. The van der Waals surface area contributed by atoms with Crippen LogP contribution in [0.3, 0.4) is 0 Å². The molecule has 4 nitrogen and oxygen atoms in total. The van der Waals surface area contributed by atoms with Crippen molar-refractivity contribution in [2.45, 2.75) is 38.8 Å². The number of aryl methyl sites for hydroxylation is 1. The van der Waals surface area contributed by atoms with E-state index < -0.39 is 0 Å². The molecule has 0 unspecified atom stereocenters. The Morgan fingerprint density at radius 2 is 2.33 bits per heavy atom. The van der Waals surface area contributed by atoms with Gasteiger partial charge in [-0.2, -0.15) is 0 Å². The fraction of sp³-hybridized carbons (Fsp3) is 0.643. The largest absolute Gasteiger partial charge is 0.353 e. The van der Waals surface area contributed by atoms with Crippen LogP contribution in [0.4, 0.5) is 0 Å². The third kappa shape index (κ3) is 3.35. The monoisotopic (exact) mass is 250 g/mol. The second-order valence-electron chi connectivity index (χ2n) is 5.14. The smallest absolute Gasteiger partial charge is 0.278 e. The van der Waals surface area contributed by atoms with Gasteiger partial charge in [0.15, 0.2) is 6.54 Å². The zero-order chi connectivity index (χ0) is 13.0. The number of aromatic nitrogens is 1. The van der Waals surface area contributed by atoms with Gasteiger partial charge in [0, 0.05) is 25.0 Å². The van der Waals surface area contributed by atoms with Gasteiger partial charge in [-0.25, -0.2) is 0 Å². The van der Waals surface area contributed by atoms with Crippen molar-refractivity contribution in [3.05, 3.63) is 24.0 Å². The average Bonchev–Trinajstić information content (AvgIpc) is 3.11. The molecule has 0 aromatic carbocycles.